The lowest BCUT2D eigenvalue weighted by molar-refractivity contribution is -0.123. The Morgan fingerprint density at radius 3 is 2.38 bits per heavy atom. The Morgan fingerprint density at radius 2 is 1.72 bits per heavy atom. The Bertz CT molecular complexity index is 1030. The topological polar surface area (TPSA) is 55.6 Å². The highest BCUT2D eigenvalue weighted by atomic mass is 35.5. The van der Waals surface area contributed by atoms with Crippen molar-refractivity contribution in [2.45, 2.75) is 27.7 Å². The van der Waals surface area contributed by atoms with Gasteiger partial charge in [0.15, 0.2) is 6.61 Å². The molecule has 1 aromatic heterocycles. The van der Waals surface area contributed by atoms with Gasteiger partial charge in [0.1, 0.15) is 5.75 Å². The number of halogens is 1. The largest absolute Gasteiger partial charge is 0.484 e. The van der Waals surface area contributed by atoms with E-state index in [0.29, 0.717) is 10.8 Å². The van der Waals surface area contributed by atoms with Crippen molar-refractivity contribution in [2.24, 2.45) is 5.10 Å². The molecule has 1 amide bonds. The van der Waals surface area contributed by atoms with Crippen molar-refractivity contribution >= 4 is 23.7 Å². The van der Waals surface area contributed by atoms with E-state index >= 15 is 0 Å². The van der Waals surface area contributed by atoms with E-state index in [1.807, 2.05) is 70.2 Å². The molecule has 0 aliphatic heterocycles. The van der Waals surface area contributed by atoms with Crippen LogP contribution in [0.3, 0.4) is 0 Å². The van der Waals surface area contributed by atoms with E-state index in [1.165, 1.54) is 0 Å². The summed E-state index contributed by atoms with van der Waals surface area (Å²) in [4.78, 5) is 12.0. The molecule has 6 heteroatoms. The van der Waals surface area contributed by atoms with Gasteiger partial charge in [0.2, 0.25) is 0 Å². The van der Waals surface area contributed by atoms with Gasteiger partial charge >= 0.3 is 0 Å². The molecular formula is C23H24ClN3O2. The van der Waals surface area contributed by atoms with E-state index in [2.05, 4.69) is 21.2 Å². The van der Waals surface area contributed by atoms with Crippen LogP contribution in [0.25, 0.3) is 5.69 Å². The summed E-state index contributed by atoms with van der Waals surface area (Å²) >= 11 is 5.98. The first-order valence-electron chi connectivity index (χ1n) is 9.31. The van der Waals surface area contributed by atoms with Gasteiger partial charge in [-0.1, -0.05) is 17.7 Å². The number of hydrogen-bond donors (Lipinski definition) is 1. The van der Waals surface area contributed by atoms with Gasteiger partial charge in [-0.2, -0.15) is 5.10 Å². The molecule has 0 aliphatic rings. The molecule has 0 fully saturated rings. The monoisotopic (exact) mass is 409 g/mol. The van der Waals surface area contributed by atoms with Crippen molar-refractivity contribution in [1.82, 2.24) is 9.99 Å². The fourth-order valence-corrected chi connectivity index (χ4v) is 3.40. The van der Waals surface area contributed by atoms with Gasteiger partial charge in [0.25, 0.3) is 5.91 Å². The highest BCUT2D eigenvalue weighted by Gasteiger charge is 2.09. The summed E-state index contributed by atoms with van der Waals surface area (Å²) in [5, 5.41) is 4.77. The lowest BCUT2D eigenvalue weighted by Gasteiger charge is -2.09. The minimum atomic E-state index is -0.313. The van der Waals surface area contributed by atoms with Crippen molar-refractivity contribution in [2.75, 3.05) is 6.61 Å². The quantitative estimate of drug-likeness (QED) is 0.465. The first kappa shape index (κ1) is 20.7. The van der Waals surface area contributed by atoms with Gasteiger partial charge in [0, 0.05) is 27.7 Å². The smallest absolute Gasteiger partial charge is 0.277 e. The summed E-state index contributed by atoms with van der Waals surface area (Å²) in [6, 6.07) is 15.5. The van der Waals surface area contributed by atoms with Crippen LogP contribution in [0.2, 0.25) is 5.02 Å². The Balaban J connectivity index is 1.62. The predicted molar refractivity (Wildman–Crippen MR) is 117 cm³/mol. The molecule has 3 aromatic rings. The Kier molecular flexibility index (Phi) is 6.39. The second-order valence-electron chi connectivity index (χ2n) is 7.04. The van der Waals surface area contributed by atoms with Crippen LogP contribution in [0.5, 0.6) is 5.75 Å². The van der Waals surface area contributed by atoms with Crippen LogP contribution in [0.1, 0.15) is 28.1 Å². The van der Waals surface area contributed by atoms with Crippen LogP contribution < -0.4 is 10.2 Å². The second kappa shape index (κ2) is 8.97. The maximum atomic E-state index is 12.0. The van der Waals surface area contributed by atoms with Crippen LogP contribution in [0.4, 0.5) is 0 Å². The molecule has 0 atom stereocenters. The summed E-state index contributed by atoms with van der Waals surface area (Å²) in [6.45, 7) is 7.92. The first-order chi connectivity index (χ1) is 13.8. The van der Waals surface area contributed by atoms with Gasteiger partial charge in [-0.3, -0.25) is 4.79 Å². The molecule has 150 valence electrons. The lowest BCUT2D eigenvalue weighted by atomic mass is 10.1. The molecule has 1 heterocycles. The minimum absolute atomic E-state index is 0.0932. The molecule has 0 saturated heterocycles. The second-order valence-corrected chi connectivity index (χ2v) is 7.48. The summed E-state index contributed by atoms with van der Waals surface area (Å²) in [6.07, 6.45) is 1.64. The standard InChI is InChI=1S/C23H24ClN3O2/c1-15-9-16(2)11-22(10-15)29-14-23(28)26-25-13-19-12-17(3)27(18(19)4)21-7-5-20(24)6-8-21/h5-13H,14H2,1-4H3,(H,26,28). The van der Waals surface area contributed by atoms with E-state index in [0.717, 1.165) is 33.8 Å². The third-order valence-corrected chi connectivity index (χ3v) is 4.77. The number of rotatable bonds is 6. The molecule has 5 nitrogen and oxygen atoms in total. The van der Waals surface area contributed by atoms with Crippen LogP contribution >= 0.6 is 11.6 Å². The predicted octanol–water partition coefficient (Wildman–Crippen LogP) is 4.89. The molecule has 0 saturated carbocycles. The average molecular weight is 410 g/mol. The van der Waals surface area contributed by atoms with Gasteiger partial charge in [-0.25, -0.2) is 5.43 Å². The summed E-state index contributed by atoms with van der Waals surface area (Å²) < 4.78 is 7.66. The summed E-state index contributed by atoms with van der Waals surface area (Å²) in [5.74, 6) is 0.361. The number of hydrogen-bond acceptors (Lipinski definition) is 3. The van der Waals surface area contributed by atoms with Gasteiger partial charge in [-0.15, -0.1) is 0 Å². The highest BCUT2D eigenvalue weighted by Crippen LogP contribution is 2.21. The SMILES string of the molecule is Cc1cc(C)cc(OCC(=O)NN=Cc2cc(C)n(-c3ccc(Cl)cc3)c2C)c1. The molecule has 2 aromatic carbocycles. The number of aryl methyl sites for hydroxylation is 3. The minimum Gasteiger partial charge on any atom is -0.484 e. The third kappa shape index (κ3) is 5.27. The normalized spacial score (nSPS) is 11.1. The van der Waals surface area contributed by atoms with Crippen LogP contribution in [-0.4, -0.2) is 23.3 Å². The number of carbonyl (C=O) groups excluding carboxylic acids is 1. The molecule has 29 heavy (non-hydrogen) atoms. The van der Waals surface area contributed by atoms with Crippen LogP contribution in [-0.2, 0) is 4.79 Å². The number of nitrogens with one attached hydrogen (secondary N) is 1. The number of amides is 1. The number of hydrazone groups is 1. The average Bonchev–Trinajstić information content (AvgIpc) is 2.94. The van der Waals surface area contributed by atoms with Crippen molar-refractivity contribution in [3.05, 3.63) is 81.6 Å². The van der Waals surface area contributed by atoms with Gasteiger partial charge in [-0.05, 0) is 81.3 Å². The number of ether oxygens (including phenoxy) is 1. The van der Waals surface area contributed by atoms with Crippen molar-refractivity contribution < 1.29 is 9.53 Å². The van der Waals surface area contributed by atoms with Crippen molar-refractivity contribution in [3.8, 4) is 11.4 Å². The number of benzene rings is 2. The van der Waals surface area contributed by atoms with E-state index in [4.69, 9.17) is 16.3 Å². The molecule has 0 bridgehead atoms. The Labute approximate surface area is 176 Å². The maximum absolute atomic E-state index is 12.0. The van der Waals surface area contributed by atoms with Crippen molar-refractivity contribution in [1.29, 1.82) is 0 Å². The molecule has 0 spiro atoms. The zero-order valence-corrected chi connectivity index (χ0v) is 17.7. The van der Waals surface area contributed by atoms with E-state index < -0.39 is 0 Å². The zero-order chi connectivity index (χ0) is 21.0. The zero-order valence-electron chi connectivity index (χ0n) is 17.0. The third-order valence-electron chi connectivity index (χ3n) is 4.51. The number of aromatic nitrogens is 1. The molecule has 1 N–H and O–H groups in total. The summed E-state index contributed by atoms with van der Waals surface area (Å²) in [7, 11) is 0. The Hall–Kier alpha value is -3.05. The summed E-state index contributed by atoms with van der Waals surface area (Å²) in [5.41, 5.74) is 8.73. The maximum Gasteiger partial charge on any atom is 0.277 e. The van der Waals surface area contributed by atoms with E-state index in [-0.39, 0.29) is 12.5 Å². The Morgan fingerprint density at radius 1 is 1.07 bits per heavy atom. The van der Waals surface area contributed by atoms with Crippen LogP contribution in [0.15, 0.2) is 53.6 Å². The van der Waals surface area contributed by atoms with Crippen LogP contribution in [0, 0.1) is 27.7 Å². The fourth-order valence-electron chi connectivity index (χ4n) is 3.28. The molecule has 0 aliphatic carbocycles. The number of nitrogens with zero attached hydrogens (tertiary/aromatic N) is 2. The first-order valence-corrected chi connectivity index (χ1v) is 9.69. The lowest BCUT2D eigenvalue weighted by Crippen LogP contribution is -2.24. The number of carbonyl (C=O) groups is 1. The van der Waals surface area contributed by atoms with Gasteiger partial charge in [0.05, 0.1) is 6.21 Å². The van der Waals surface area contributed by atoms with Crippen molar-refractivity contribution in [3.63, 3.8) is 0 Å². The molecule has 3 rings (SSSR count). The highest BCUT2D eigenvalue weighted by molar-refractivity contribution is 6.30. The molecular weight excluding hydrogens is 386 g/mol. The van der Waals surface area contributed by atoms with E-state index in [9.17, 15) is 4.79 Å². The molecule has 0 unspecified atom stereocenters. The van der Waals surface area contributed by atoms with E-state index in [1.54, 1.807) is 6.21 Å². The van der Waals surface area contributed by atoms with Gasteiger partial charge < -0.3 is 9.30 Å². The molecule has 0 radical (unpaired) electrons. The fraction of sp³-hybridized carbons (Fsp3) is 0.217.